The predicted molar refractivity (Wildman–Crippen MR) is 123 cm³/mol. The second-order valence-corrected chi connectivity index (χ2v) is 9.71. The summed E-state index contributed by atoms with van der Waals surface area (Å²) in [6.07, 6.45) is 2.78. The van der Waals surface area contributed by atoms with Crippen LogP contribution in [0.5, 0.6) is 0 Å². The topological polar surface area (TPSA) is 99.3 Å². The summed E-state index contributed by atoms with van der Waals surface area (Å²) in [7, 11) is -3.55. The molecule has 1 saturated heterocycles. The number of hydrogen-bond acceptors (Lipinski definition) is 4. The molecule has 2 N–H and O–H groups in total. The van der Waals surface area contributed by atoms with E-state index >= 15 is 0 Å². The number of aromatic nitrogens is 1. The molecular weight excluding hydrogens is 426 g/mol. The Morgan fingerprint density at radius 3 is 2.41 bits per heavy atom. The van der Waals surface area contributed by atoms with E-state index in [1.54, 1.807) is 30.3 Å². The van der Waals surface area contributed by atoms with Crippen molar-refractivity contribution in [3.8, 4) is 11.3 Å². The van der Waals surface area contributed by atoms with Gasteiger partial charge < -0.3 is 10.3 Å². The van der Waals surface area contributed by atoms with E-state index in [0.717, 1.165) is 24.8 Å². The van der Waals surface area contributed by atoms with E-state index in [-0.39, 0.29) is 17.0 Å². The van der Waals surface area contributed by atoms with Crippen LogP contribution in [0.15, 0.2) is 76.4 Å². The lowest BCUT2D eigenvalue weighted by Gasteiger charge is -2.26. The normalized spacial score (nSPS) is 14.8. The number of carbonyl (C=O) groups is 1. The van der Waals surface area contributed by atoms with Gasteiger partial charge in [0.1, 0.15) is 5.56 Å². The van der Waals surface area contributed by atoms with E-state index in [4.69, 9.17) is 0 Å². The minimum atomic E-state index is -3.55. The summed E-state index contributed by atoms with van der Waals surface area (Å²) in [6, 6.07) is 19.1. The van der Waals surface area contributed by atoms with Crippen molar-refractivity contribution in [2.24, 2.45) is 0 Å². The first-order chi connectivity index (χ1) is 15.4. The maximum Gasteiger partial charge on any atom is 0.261 e. The smallest absolute Gasteiger partial charge is 0.261 e. The van der Waals surface area contributed by atoms with Gasteiger partial charge in [-0.15, -0.1) is 0 Å². The number of H-pyrrole nitrogens is 1. The highest BCUT2D eigenvalue weighted by Gasteiger charge is 2.26. The SMILES string of the molecule is O=C(NCc1cccc(S(=O)(=O)N2CCCCC2)c1)c1ccc(-c2ccccc2)[nH]c1=O. The maximum absolute atomic E-state index is 12.9. The number of rotatable bonds is 6. The Kier molecular flexibility index (Phi) is 6.53. The van der Waals surface area contributed by atoms with Crippen LogP contribution in [0, 0.1) is 0 Å². The Labute approximate surface area is 187 Å². The zero-order valence-electron chi connectivity index (χ0n) is 17.6. The molecule has 0 bridgehead atoms. The summed E-state index contributed by atoms with van der Waals surface area (Å²) in [4.78, 5) is 27.9. The first kappa shape index (κ1) is 22.0. The molecule has 8 heteroatoms. The van der Waals surface area contributed by atoms with Gasteiger partial charge in [0.05, 0.1) is 4.90 Å². The highest BCUT2D eigenvalue weighted by Crippen LogP contribution is 2.21. The maximum atomic E-state index is 12.9. The molecule has 2 aromatic carbocycles. The van der Waals surface area contributed by atoms with Gasteiger partial charge in [-0.25, -0.2) is 8.42 Å². The van der Waals surface area contributed by atoms with E-state index in [1.165, 1.54) is 10.4 Å². The largest absolute Gasteiger partial charge is 0.348 e. The van der Waals surface area contributed by atoms with Crippen LogP contribution < -0.4 is 10.9 Å². The number of nitrogens with zero attached hydrogens (tertiary/aromatic N) is 1. The molecule has 32 heavy (non-hydrogen) atoms. The van der Waals surface area contributed by atoms with Crippen LogP contribution in [0.3, 0.4) is 0 Å². The van der Waals surface area contributed by atoms with Gasteiger partial charge in [-0.2, -0.15) is 4.31 Å². The predicted octanol–water partition coefficient (Wildman–Crippen LogP) is 3.15. The number of aromatic amines is 1. The second-order valence-electron chi connectivity index (χ2n) is 7.78. The molecule has 0 spiro atoms. The molecule has 166 valence electrons. The summed E-state index contributed by atoms with van der Waals surface area (Å²) in [6.45, 7) is 1.18. The van der Waals surface area contributed by atoms with Crippen molar-refractivity contribution >= 4 is 15.9 Å². The summed E-state index contributed by atoms with van der Waals surface area (Å²) in [5.41, 5.74) is 1.65. The van der Waals surface area contributed by atoms with Crippen LogP contribution in [0.4, 0.5) is 0 Å². The molecule has 3 aromatic rings. The monoisotopic (exact) mass is 451 g/mol. The molecule has 1 fully saturated rings. The first-order valence-electron chi connectivity index (χ1n) is 10.6. The zero-order chi connectivity index (χ0) is 22.6. The summed E-state index contributed by atoms with van der Waals surface area (Å²) in [5.74, 6) is -0.518. The van der Waals surface area contributed by atoms with Crippen molar-refractivity contribution in [1.82, 2.24) is 14.6 Å². The minimum Gasteiger partial charge on any atom is -0.348 e. The summed E-state index contributed by atoms with van der Waals surface area (Å²) < 4.78 is 27.3. The summed E-state index contributed by atoms with van der Waals surface area (Å²) in [5, 5.41) is 2.71. The van der Waals surface area contributed by atoms with Crippen molar-refractivity contribution in [1.29, 1.82) is 0 Å². The molecule has 1 aromatic heterocycles. The molecular formula is C24H25N3O4S. The van der Waals surface area contributed by atoms with Gasteiger partial charge in [0.25, 0.3) is 11.5 Å². The van der Waals surface area contributed by atoms with Gasteiger partial charge >= 0.3 is 0 Å². The first-order valence-corrected chi connectivity index (χ1v) is 12.1. The Hall–Kier alpha value is -3.23. The fraction of sp³-hybridized carbons (Fsp3) is 0.250. The van der Waals surface area contributed by atoms with E-state index in [1.807, 2.05) is 30.3 Å². The van der Waals surface area contributed by atoms with E-state index < -0.39 is 21.5 Å². The van der Waals surface area contributed by atoms with Gasteiger partial charge in [0, 0.05) is 25.3 Å². The molecule has 0 atom stereocenters. The van der Waals surface area contributed by atoms with Crippen LogP contribution in [-0.4, -0.2) is 36.7 Å². The van der Waals surface area contributed by atoms with E-state index in [0.29, 0.717) is 24.3 Å². The fourth-order valence-electron chi connectivity index (χ4n) is 3.79. The third kappa shape index (κ3) is 4.81. The quantitative estimate of drug-likeness (QED) is 0.601. The number of hydrogen-bond donors (Lipinski definition) is 2. The molecule has 1 aliphatic rings. The van der Waals surface area contributed by atoms with Crippen molar-refractivity contribution < 1.29 is 13.2 Å². The average Bonchev–Trinajstić information content (AvgIpc) is 2.84. The number of benzene rings is 2. The molecule has 0 aliphatic carbocycles. The van der Waals surface area contributed by atoms with Gasteiger partial charge in [0.2, 0.25) is 10.0 Å². The zero-order valence-corrected chi connectivity index (χ0v) is 18.4. The molecule has 1 amide bonds. The van der Waals surface area contributed by atoms with Crippen LogP contribution in [0.25, 0.3) is 11.3 Å². The van der Waals surface area contributed by atoms with Crippen molar-refractivity contribution in [2.45, 2.75) is 30.7 Å². The van der Waals surface area contributed by atoms with Gasteiger partial charge in [-0.05, 0) is 48.2 Å². The highest BCUT2D eigenvalue weighted by atomic mass is 32.2. The standard InChI is InChI=1S/C24H25N3O4S/c28-23(21-12-13-22(26-24(21)29)19-9-3-1-4-10-19)25-17-18-8-7-11-20(16-18)32(30,31)27-14-5-2-6-15-27/h1,3-4,7-13,16H,2,5-6,14-15,17H2,(H,25,28)(H,26,29). The average molecular weight is 452 g/mol. The number of carbonyl (C=O) groups excluding carboxylic acids is 1. The van der Waals surface area contributed by atoms with Crippen molar-refractivity contribution in [2.75, 3.05) is 13.1 Å². The molecule has 0 unspecified atom stereocenters. The van der Waals surface area contributed by atoms with Crippen LogP contribution in [0.1, 0.15) is 35.2 Å². The van der Waals surface area contributed by atoms with E-state index in [2.05, 4.69) is 10.3 Å². The third-order valence-electron chi connectivity index (χ3n) is 5.54. The lowest BCUT2D eigenvalue weighted by molar-refractivity contribution is 0.0949. The molecule has 7 nitrogen and oxygen atoms in total. The number of pyridine rings is 1. The van der Waals surface area contributed by atoms with Crippen molar-refractivity contribution in [3.05, 3.63) is 88.2 Å². The second kappa shape index (κ2) is 9.50. The molecule has 1 aliphatic heterocycles. The molecule has 4 rings (SSSR count). The lowest BCUT2D eigenvalue weighted by atomic mass is 10.1. The van der Waals surface area contributed by atoms with Crippen LogP contribution in [0.2, 0.25) is 0 Å². The van der Waals surface area contributed by atoms with E-state index in [9.17, 15) is 18.0 Å². The Morgan fingerprint density at radius 2 is 1.69 bits per heavy atom. The number of nitrogens with one attached hydrogen (secondary N) is 2. The number of piperidine rings is 1. The lowest BCUT2D eigenvalue weighted by Crippen LogP contribution is -2.35. The van der Waals surface area contributed by atoms with Gasteiger partial charge in [0.15, 0.2) is 0 Å². The Bertz CT molecular complexity index is 1260. The summed E-state index contributed by atoms with van der Waals surface area (Å²) >= 11 is 0. The van der Waals surface area contributed by atoms with Crippen LogP contribution >= 0.6 is 0 Å². The van der Waals surface area contributed by atoms with Gasteiger partial charge in [-0.3, -0.25) is 9.59 Å². The van der Waals surface area contributed by atoms with Crippen LogP contribution in [-0.2, 0) is 16.6 Å². The Morgan fingerprint density at radius 1 is 0.938 bits per heavy atom. The van der Waals surface area contributed by atoms with Crippen molar-refractivity contribution in [3.63, 3.8) is 0 Å². The molecule has 2 heterocycles. The number of sulfonamides is 1. The van der Waals surface area contributed by atoms with Gasteiger partial charge in [-0.1, -0.05) is 48.9 Å². The number of amides is 1. The molecule has 0 radical (unpaired) electrons. The Balaban J connectivity index is 1.45. The third-order valence-corrected chi connectivity index (χ3v) is 7.44. The minimum absolute atomic E-state index is 0.00164. The highest BCUT2D eigenvalue weighted by molar-refractivity contribution is 7.89. The molecule has 0 saturated carbocycles. The fourth-order valence-corrected chi connectivity index (χ4v) is 5.37.